The molecule has 27 heteroatoms. The van der Waals surface area contributed by atoms with E-state index in [4.69, 9.17) is 46.0 Å². The van der Waals surface area contributed by atoms with Crippen LogP contribution in [0, 0.1) is 0 Å². The lowest BCUT2D eigenvalue weighted by molar-refractivity contribution is -0.138. The third kappa shape index (κ3) is 86.3. The Labute approximate surface area is 616 Å². The highest BCUT2D eigenvalue weighted by atomic mass is 16.4. The summed E-state index contributed by atoms with van der Waals surface area (Å²) in [5, 5.41) is 75.4. The van der Waals surface area contributed by atoms with Gasteiger partial charge in [0.15, 0.2) is 17.3 Å². The zero-order valence-corrected chi connectivity index (χ0v) is 62.6. The van der Waals surface area contributed by atoms with Gasteiger partial charge in [-0.05, 0) is 163 Å². The van der Waals surface area contributed by atoms with Crippen molar-refractivity contribution in [1.82, 2.24) is 0 Å². The lowest BCUT2D eigenvalue weighted by Gasteiger charge is -1.99. The largest absolute Gasteiger partial charge is 0.481 e. The minimum absolute atomic E-state index is 0.0521. The summed E-state index contributed by atoms with van der Waals surface area (Å²) in [5.74, 6) is -6.95. The van der Waals surface area contributed by atoms with Crippen LogP contribution in [0.3, 0.4) is 0 Å². The molecule has 0 saturated heterocycles. The maximum Gasteiger partial charge on any atom is 0.336 e. The molecule has 0 aliphatic carbocycles. The number of carbonyl (C=O) groups is 18. The number of hydrogen-bond donors (Lipinski definition) is 9. The van der Waals surface area contributed by atoms with Gasteiger partial charge in [0, 0.05) is 93.7 Å². The van der Waals surface area contributed by atoms with E-state index in [1.54, 1.807) is 52.0 Å². The van der Waals surface area contributed by atoms with Crippen molar-refractivity contribution in [3.63, 3.8) is 0 Å². The summed E-state index contributed by atoms with van der Waals surface area (Å²) >= 11 is 0. The number of carbonyl (C=O) groups excluding carboxylic acids is 9. The van der Waals surface area contributed by atoms with Crippen LogP contribution in [-0.2, 0) is 57.5 Å². The molecule has 3 aromatic rings. The fraction of sp³-hybridized carbons (Fsp3) is 0.538. The molecule has 0 unspecified atom stereocenters. The first-order valence-electron chi connectivity index (χ1n) is 34.9. The summed E-state index contributed by atoms with van der Waals surface area (Å²) in [6.07, 6.45) is 23.2. The molecule has 0 atom stereocenters. The van der Waals surface area contributed by atoms with E-state index in [1.807, 2.05) is 0 Å². The molecule has 0 bridgehead atoms. The summed E-state index contributed by atoms with van der Waals surface area (Å²) in [6.45, 7) is 13.5. The molecule has 588 valence electrons. The number of hydrogen-bond acceptors (Lipinski definition) is 18. The van der Waals surface area contributed by atoms with Gasteiger partial charge in [0.2, 0.25) is 0 Å². The fourth-order valence-electron chi connectivity index (χ4n) is 8.20. The number of benzene rings is 3. The predicted octanol–water partition coefficient (Wildman–Crippen LogP) is 15.6. The van der Waals surface area contributed by atoms with Crippen molar-refractivity contribution in [3.05, 3.63) is 106 Å². The molecule has 0 aromatic heterocycles. The molecular formula is C78H114O27. The summed E-state index contributed by atoms with van der Waals surface area (Å²) in [5.41, 5.74) is 1.60. The molecule has 3 rings (SSSR count). The highest BCUT2D eigenvalue weighted by molar-refractivity contribution is 6.04. The number of aromatic carboxylic acids is 3. The van der Waals surface area contributed by atoms with Crippen molar-refractivity contribution in [1.29, 1.82) is 0 Å². The van der Waals surface area contributed by atoms with Gasteiger partial charge in [0.05, 0.1) is 16.7 Å². The number of unbranched alkanes of at least 4 members (excludes halogenated alkanes) is 15. The molecule has 0 aliphatic heterocycles. The molecular weight excluding hydrogens is 1370 g/mol. The molecule has 27 nitrogen and oxygen atoms in total. The molecule has 0 radical (unpaired) electrons. The Balaban J connectivity index is -0.000000263. The van der Waals surface area contributed by atoms with Crippen molar-refractivity contribution in [2.45, 2.75) is 274 Å². The van der Waals surface area contributed by atoms with Crippen LogP contribution in [0.4, 0.5) is 0 Å². The number of carboxylic acid groups (broad SMARTS) is 9. The Kier molecular flexibility index (Phi) is 71.5. The lowest BCUT2D eigenvalue weighted by Crippen LogP contribution is -2.05. The minimum atomic E-state index is -1.07. The van der Waals surface area contributed by atoms with Crippen molar-refractivity contribution < 1.29 is 132 Å². The standard InChI is InChI=1S/C11H20O3.C10H18O3.3C9H8O3.C9H16O3.C8H14O3.C7H12O3.C6H10O3/c1-10(12)8-6-4-2-3-5-7-9-11(13)14;1-9(11)7-5-3-2-4-6-8-10(12)13;1-6(10)7-2-4-8(5-3-7)9(11)12;1-6(10)7-3-2-4-8(5-7)9(11)12;1-6(10)7-4-2-3-5-8(7)9(11)12;1-8(10)6-4-2-3-5-7-9(11)12;1-7(9)5-3-2-4-6-8(10)11;1-6(8)4-2-3-5-7(9)10;1-5(7)3-2-4-6(8)9/h2-9H2,1H3,(H,13,14);2-8H2,1H3,(H,12,13);3*2-5H,1H3,(H,11,12);2-7H2,1H3,(H,11,12);2-6H2,1H3,(H,10,11);2-5H2,1H3,(H,9,10);2-4H2,1H3,(H,8,9). The van der Waals surface area contributed by atoms with Gasteiger partial charge in [0.25, 0.3) is 0 Å². The van der Waals surface area contributed by atoms with Crippen LogP contribution >= 0.6 is 0 Å². The smallest absolute Gasteiger partial charge is 0.336 e. The van der Waals surface area contributed by atoms with Crippen molar-refractivity contribution in [3.8, 4) is 0 Å². The summed E-state index contributed by atoms with van der Waals surface area (Å²) in [4.78, 5) is 187. The van der Waals surface area contributed by atoms with Crippen LogP contribution in [0.5, 0.6) is 0 Å². The number of rotatable bonds is 45. The molecule has 9 N–H and O–H groups in total. The van der Waals surface area contributed by atoms with Crippen LogP contribution in [0.25, 0.3) is 0 Å². The molecule has 0 heterocycles. The van der Waals surface area contributed by atoms with Gasteiger partial charge in [-0.1, -0.05) is 107 Å². The van der Waals surface area contributed by atoms with E-state index in [-0.39, 0.29) is 113 Å². The second-order valence-electron chi connectivity index (χ2n) is 24.3. The monoisotopic (exact) mass is 1480 g/mol. The SMILES string of the molecule is CC(=O)CCCC(=O)O.CC(=O)CCCCC(=O)O.CC(=O)CCCCCC(=O)O.CC(=O)CCCCCCC(=O)O.CC(=O)CCCCCCCC(=O)O.CC(=O)CCCCCCCCC(=O)O.CC(=O)c1ccc(C(=O)O)cc1.CC(=O)c1cccc(C(=O)O)c1.CC(=O)c1ccccc1C(=O)O. The van der Waals surface area contributed by atoms with E-state index in [0.29, 0.717) is 75.3 Å². The van der Waals surface area contributed by atoms with Crippen molar-refractivity contribution in [2.24, 2.45) is 0 Å². The molecule has 3 aromatic carbocycles. The first-order chi connectivity index (χ1) is 49.1. The van der Waals surface area contributed by atoms with Crippen LogP contribution < -0.4 is 0 Å². The second kappa shape index (κ2) is 70.9. The minimum Gasteiger partial charge on any atom is -0.481 e. The van der Waals surface area contributed by atoms with Crippen LogP contribution in [0.15, 0.2) is 72.8 Å². The first-order valence-corrected chi connectivity index (χ1v) is 34.9. The van der Waals surface area contributed by atoms with Gasteiger partial charge in [-0.3, -0.25) is 43.2 Å². The fourth-order valence-corrected chi connectivity index (χ4v) is 8.20. The predicted molar refractivity (Wildman–Crippen MR) is 392 cm³/mol. The van der Waals surface area contributed by atoms with E-state index in [1.165, 1.54) is 83.1 Å². The average molecular weight is 1480 g/mol. The normalized spacial score (nSPS) is 9.57. The molecule has 0 saturated carbocycles. The first kappa shape index (κ1) is 106. The third-order valence-corrected chi connectivity index (χ3v) is 13.9. The summed E-state index contributed by atoms with van der Waals surface area (Å²) < 4.78 is 0. The summed E-state index contributed by atoms with van der Waals surface area (Å²) in [6, 6.07) is 18.0. The Bertz CT molecular complexity index is 2920. The molecule has 0 spiro atoms. The topological polar surface area (TPSA) is 489 Å². The van der Waals surface area contributed by atoms with Gasteiger partial charge >= 0.3 is 53.7 Å². The quantitative estimate of drug-likeness (QED) is 0.0187. The van der Waals surface area contributed by atoms with E-state index in [2.05, 4.69) is 0 Å². The van der Waals surface area contributed by atoms with Gasteiger partial charge < -0.3 is 74.7 Å². The Morgan fingerprint density at radius 3 is 0.667 bits per heavy atom. The maximum absolute atomic E-state index is 10.9. The zero-order valence-electron chi connectivity index (χ0n) is 62.6. The Hall–Kier alpha value is -10.1. The highest BCUT2D eigenvalue weighted by Crippen LogP contribution is 2.13. The lowest BCUT2D eigenvalue weighted by atomic mass is 10.1. The van der Waals surface area contributed by atoms with Crippen molar-refractivity contribution in [2.75, 3.05) is 0 Å². The van der Waals surface area contributed by atoms with E-state index in [0.717, 1.165) is 109 Å². The molecule has 0 aliphatic rings. The van der Waals surface area contributed by atoms with Crippen LogP contribution in [0.1, 0.15) is 336 Å². The zero-order chi connectivity index (χ0) is 81.7. The summed E-state index contributed by atoms with van der Waals surface area (Å²) in [7, 11) is 0. The van der Waals surface area contributed by atoms with Crippen LogP contribution in [0.2, 0.25) is 0 Å². The number of carboxylic acids is 9. The van der Waals surface area contributed by atoms with Crippen molar-refractivity contribution >= 4 is 106 Å². The van der Waals surface area contributed by atoms with E-state index >= 15 is 0 Å². The Morgan fingerprint density at radius 1 is 0.200 bits per heavy atom. The highest BCUT2D eigenvalue weighted by Gasteiger charge is 2.12. The molecule has 0 fully saturated rings. The van der Waals surface area contributed by atoms with Gasteiger partial charge in [-0.15, -0.1) is 0 Å². The molecule has 105 heavy (non-hydrogen) atoms. The second-order valence-corrected chi connectivity index (χ2v) is 24.3. The Morgan fingerprint density at radius 2 is 0.419 bits per heavy atom. The maximum atomic E-state index is 10.9. The number of aliphatic carboxylic acids is 6. The van der Waals surface area contributed by atoms with Crippen LogP contribution in [-0.4, -0.2) is 152 Å². The average Bonchev–Trinajstić information content (AvgIpc) is 0.875. The number of Topliss-reactive ketones (excluding diaryl/α,β-unsaturated/α-hetero) is 9. The van der Waals surface area contributed by atoms with Gasteiger partial charge in [0.1, 0.15) is 34.7 Å². The van der Waals surface area contributed by atoms with E-state index < -0.39 is 53.7 Å². The number of ketones is 9. The molecule has 0 amide bonds. The van der Waals surface area contributed by atoms with Gasteiger partial charge in [-0.2, -0.15) is 0 Å². The van der Waals surface area contributed by atoms with Gasteiger partial charge in [-0.25, -0.2) is 14.4 Å². The van der Waals surface area contributed by atoms with E-state index in [9.17, 15) is 86.3 Å². The third-order valence-electron chi connectivity index (χ3n) is 13.9.